The van der Waals surface area contributed by atoms with Crippen LogP contribution in [-0.2, 0) is 0 Å². The van der Waals surface area contributed by atoms with E-state index in [1.807, 2.05) is 0 Å². The Morgan fingerprint density at radius 2 is 1.30 bits per heavy atom. The lowest BCUT2D eigenvalue weighted by Gasteiger charge is -1.96. The van der Waals surface area contributed by atoms with Gasteiger partial charge in [-0.15, -0.1) is 22.7 Å². The van der Waals surface area contributed by atoms with Gasteiger partial charge in [-0.2, -0.15) is 0 Å². The lowest BCUT2D eigenvalue weighted by Crippen LogP contribution is -2.03. The van der Waals surface area contributed by atoms with Gasteiger partial charge in [-0.05, 0) is 0 Å². The summed E-state index contributed by atoms with van der Waals surface area (Å²) in [6, 6.07) is 2.23. The number of hydrogen-bond donors (Lipinski definition) is 4. The molecule has 0 amide bonds. The molecule has 0 spiro atoms. The van der Waals surface area contributed by atoms with Crippen molar-refractivity contribution in [3.63, 3.8) is 0 Å². The third-order valence-corrected chi connectivity index (χ3v) is 5.56. The minimum absolute atomic E-state index is 0.0900. The molecular formula is C12H6N2O4S2. The van der Waals surface area contributed by atoms with E-state index in [1.165, 1.54) is 22.7 Å². The highest BCUT2D eigenvalue weighted by Crippen LogP contribution is 2.46. The van der Waals surface area contributed by atoms with Gasteiger partial charge < -0.3 is 20.2 Å². The second kappa shape index (κ2) is 3.62. The van der Waals surface area contributed by atoms with Gasteiger partial charge in [0.2, 0.25) is 0 Å². The van der Waals surface area contributed by atoms with Crippen LogP contribution in [0, 0.1) is 0 Å². The van der Waals surface area contributed by atoms with E-state index in [-0.39, 0.29) is 11.5 Å². The van der Waals surface area contributed by atoms with Crippen molar-refractivity contribution in [2.24, 2.45) is 0 Å². The molecule has 4 aromatic rings. The zero-order valence-corrected chi connectivity index (χ0v) is 11.3. The van der Waals surface area contributed by atoms with Crippen LogP contribution in [-0.4, -0.2) is 20.2 Å². The summed E-state index contributed by atoms with van der Waals surface area (Å²) in [5.74, 6) is -0.180. The fourth-order valence-electron chi connectivity index (χ4n) is 2.26. The Morgan fingerprint density at radius 1 is 0.850 bits per heavy atom. The van der Waals surface area contributed by atoms with Crippen LogP contribution >= 0.6 is 22.7 Å². The standard InChI is InChI=1S/C12H6N2O4S2/c15-3-1-5(17)13-8-7-9-11(4(16)2-6(18)14-9)20-12(7)19-10(3)8/h1-2H,(H2,13,15,17)(H2,14,16,18). The number of fused-ring (bicyclic) bond motifs is 5. The number of thiophene rings is 2. The molecule has 4 rings (SSSR count). The molecule has 4 aromatic heterocycles. The lowest BCUT2D eigenvalue weighted by molar-refractivity contribution is 0.481. The van der Waals surface area contributed by atoms with E-state index in [4.69, 9.17) is 0 Å². The topological polar surface area (TPSA) is 106 Å². The number of pyridine rings is 2. The van der Waals surface area contributed by atoms with Crippen molar-refractivity contribution in [2.75, 3.05) is 0 Å². The third kappa shape index (κ3) is 1.37. The first kappa shape index (κ1) is 11.5. The Kier molecular flexibility index (Phi) is 2.08. The van der Waals surface area contributed by atoms with Gasteiger partial charge in [-0.25, -0.2) is 0 Å². The number of aromatic nitrogens is 2. The Labute approximate surface area is 117 Å². The zero-order chi connectivity index (χ0) is 14.0. The van der Waals surface area contributed by atoms with Crippen LogP contribution in [0.2, 0.25) is 0 Å². The average molecular weight is 306 g/mol. The third-order valence-electron chi connectivity index (χ3n) is 3.05. The molecule has 0 radical (unpaired) electrons. The Bertz CT molecular complexity index is 1030. The minimum Gasteiger partial charge on any atom is -0.506 e. The van der Waals surface area contributed by atoms with Gasteiger partial charge in [0, 0.05) is 12.1 Å². The highest BCUT2D eigenvalue weighted by Gasteiger charge is 2.18. The molecule has 0 fully saturated rings. The van der Waals surface area contributed by atoms with E-state index < -0.39 is 11.1 Å². The first-order valence-corrected chi connectivity index (χ1v) is 7.21. The predicted molar refractivity (Wildman–Crippen MR) is 79.3 cm³/mol. The van der Waals surface area contributed by atoms with E-state index in [0.29, 0.717) is 25.8 Å². The summed E-state index contributed by atoms with van der Waals surface area (Å²) in [6.07, 6.45) is 0. The molecule has 0 aliphatic carbocycles. The molecule has 4 heterocycles. The quantitative estimate of drug-likeness (QED) is 0.399. The highest BCUT2D eigenvalue weighted by molar-refractivity contribution is 7.44. The van der Waals surface area contributed by atoms with Crippen LogP contribution < -0.4 is 11.1 Å². The van der Waals surface area contributed by atoms with Crippen LogP contribution in [0.25, 0.3) is 29.8 Å². The van der Waals surface area contributed by atoms with Gasteiger partial charge in [0.15, 0.2) is 0 Å². The molecule has 4 N–H and O–H groups in total. The maximum atomic E-state index is 11.5. The molecule has 0 aromatic carbocycles. The van der Waals surface area contributed by atoms with E-state index in [2.05, 4.69) is 9.97 Å². The number of hydrogen-bond acceptors (Lipinski definition) is 6. The van der Waals surface area contributed by atoms with Gasteiger partial charge >= 0.3 is 0 Å². The minimum atomic E-state index is -0.420. The lowest BCUT2D eigenvalue weighted by atomic mass is 10.2. The summed E-state index contributed by atoms with van der Waals surface area (Å²) in [7, 11) is 0. The first-order valence-electron chi connectivity index (χ1n) is 5.58. The molecule has 0 aliphatic rings. The number of rotatable bonds is 0. The highest BCUT2D eigenvalue weighted by atomic mass is 32.2. The van der Waals surface area contributed by atoms with E-state index in [9.17, 15) is 19.8 Å². The summed E-state index contributed by atoms with van der Waals surface area (Å²) in [5.41, 5.74) is 0.109. The van der Waals surface area contributed by atoms with Crippen molar-refractivity contribution in [1.82, 2.24) is 9.97 Å². The summed E-state index contributed by atoms with van der Waals surface area (Å²) >= 11 is 2.61. The van der Waals surface area contributed by atoms with Crippen molar-refractivity contribution in [3.05, 3.63) is 32.8 Å². The SMILES string of the molecule is O=c1cc(O)c2sc3sc4c(O)cc(=O)[nH]c4c3c2[nH]1. The molecule has 0 atom stereocenters. The van der Waals surface area contributed by atoms with Crippen molar-refractivity contribution >= 4 is 52.5 Å². The van der Waals surface area contributed by atoms with Crippen LogP contribution in [0.1, 0.15) is 0 Å². The van der Waals surface area contributed by atoms with Crippen molar-refractivity contribution < 1.29 is 10.2 Å². The fourth-order valence-corrected chi connectivity index (χ4v) is 4.75. The zero-order valence-electron chi connectivity index (χ0n) is 9.68. The van der Waals surface area contributed by atoms with Crippen molar-refractivity contribution in [2.45, 2.75) is 0 Å². The number of aromatic amines is 2. The first-order chi connectivity index (χ1) is 9.54. The number of H-pyrrole nitrogens is 2. The van der Waals surface area contributed by atoms with Crippen molar-refractivity contribution in [1.29, 1.82) is 0 Å². The summed E-state index contributed by atoms with van der Waals surface area (Å²) < 4.78 is 1.91. The molecule has 0 bridgehead atoms. The molecule has 0 unspecified atom stereocenters. The van der Waals surface area contributed by atoms with E-state index in [0.717, 1.165) is 16.1 Å². The van der Waals surface area contributed by atoms with E-state index >= 15 is 0 Å². The van der Waals surface area contributed by atoms with Crippen LogP contribution in [0.3, 0.4) is 0 Å². The molecule has 6 nitrogen and oxygen atoms in total. The van der Waals surface area contributed by atoms with Gasteiger partial charge in [-0.1, -0.05) is 0 Å². The molecule has 8 heteroatoms. The Hall–Kier alpha value is -2.32. The Morgan fingerprint density at radius 3 is 1.75 bits per heavy atom. The second-order valence-corrected chi connectivity index (χ2v) is 6.61. The summed E-state index contributed by atoms with van der Waals surface area (Å²) in [4.78, 5) is 28.4. The largest absolute Gasteiger partial charge is 0.506 e. The van der Waals surface area contributed by atoms with Gasteiger partial charge in [0.1, 0.15) is 11.5 Å². The maximum Gasteiger partial charge on any atom is 0.252 e. The van der Waals surface area contributed by atoms with Gasteiger partial charge in [0.05, 0.1) is 29.8 Å². The molecule has 0 aliphatic heterocycles. The number of nitrogens with one attached hydrogen (secondary N) is 2. The van der Waals surface area contributed by atoms with Crippen molar-refractivity contribution in [3.8, 4) is 11.5 Å². The fraction of sp³-hybridized carbons (Fsp3) is 0. The normalized spacial score (nSPS) is 11.8. The maximum absolute atomic E-state index is 11.5. The average Bonchev–Trinajstić information content (AvgIpc) is 2.87. The van der Waals surface area contributed by atoms with Gasteiger partial charge in [-0.3, -0.25) is 9.59 Å². The molecule has 100 valence electrons. The number of aromatic hydroxyl groups is 2. The van der Waals surface area contributed by atoms with Gasteiger partial charge in [0.25, 0.3) is 11.1 Å². The smallest absolute Gasteiger partial charge is 0.252 e. The Balaban J connectivity index is 2.38. The summed E-state index contributed by atoms with van der Waals surface area (Å²) in [6.45, 7) is 0. The van der Waals surface area contributed by atoms with Crippen LogP contribution in [0.4, 0.5) is 0 Å². The van der Waals surface area contributed by atoms with Crippen LogP contribution in [0.15, 0.2) is 21.7 Å². The molecule has 0 saturated heterocycles. The van der Waals surface area contributed by atoms with E-state index in [1.54, 1.807) is 0 Å². The second-order valence-electron chi connectivity index (χ2n) is 4.31. The summed E-state index contributed by atoms with van der Waals surface area (Å²) in [5, 5.41) is 20.3. The van der Waals surface area contributed by atoms with Crippen LogP contribution in [0.5, 0.6) is 11.5 Å². The molecule has 20 heavy (non-hydrogen) atoms. The monoisotopic (exact) mass is 306 g/mol. The molecule has 0 saturated carbocycles. The predicted octanol–water partition coefficient (Wildman–Crippen LogP) is 2.06. The molecular weight excluding hydrogens is 300 g/mol.